The number of piperazine rings is 1. The number of guanidine groups is 1. The van der Waals surface area contributed by atoms with Gasteiger partial charge in [0.05, 0.1) is 0 Å². The molecule has 0 saturated carbocycles. The van der Waals surface area contributed by atoms with E-state index in [1.165, 1.54) is 11.8 Å². The number of nitrogens with one attached hydrogen (secondary N) is 1. The Morgan fingerprint density at radius 2 is 1.68 bits per heavy atom. The number of rotatable bonds is 4. The summed E-state index contributed by atoms with van der Waals surface area (Å²) < 4.78 is 38.7. The number of carbonyl (C=O) groups is 1. The fraction of sp³-hybridized carbons (Fsp3) is 0.889. The first kappa shape index (κ1) is 25.3. The van der Waals surface area contributed by atoms with Crippen molar-refractivity contribution in [2.75, 3.05) is 52.4 Å². The molecule has 28 heavy (non-hydrogen) atoms. The smallest absolute Gasteiger partial charge is 0.357 e. The van der Waals surface area contributed by atoms with Crippen molar-refractivity contribution < 1.29 is 18.0 Å². The zero-order valence-electron chi connectivity index (χ0n) is 17.0. The third-order valence-electron chi connectivity index (χ3n) is 5.53. The van der Waals surface area contributed by atoms with E-state index in [2.05, 4.69) is 5.32 Å². The molecule has 1 unspecified atom stereocenters. The molecule has 0 radical (unpaired) electrons. The third-order valence-corrected chi connectivity index (χ3v) is 5.53. The molecular weight excluding hydrogens is 486 g/mol. The summed E-state index contributed by atoms with van der Waals surface area (Å²) in [4.78, 5) is 21.5. The highest BCUT2D eigenvalue weighted by atomic mass is 127. The van der Waals surface area contributed by atoms with Crippen molar-refractivity contribution in [3.63, 3.8) is 0 Å². The minimum absolute atomic E-state index is 0. The number of nitrogens with zero attached hydrogens (tertiary/aromatic N) is 4. The third kappa shape index (κ3) is 7.23. The SMILES string of the molecule is CCNC(=NCC1CCN(C(C)=O)CC1)N1CCN(C(C)C(F)(F)F)CC1.I. The minimum atomic E-state index is -4.19. The first-order valence-electron chi connectivity index (χ1n) is 9.82. The summed E-state index contributed by atoms with van der Waals surface area (Å²) in [5.74, 6) is 1.35. The standard InChI is InChI=1S/C18H32F3N5O.HI/c1-4-22-17(23-13-16-5-7-25(8-6-16)15(3)27)26-11-9-24(10-12-26)14(2)18(19,20)21;/h14,16H,4-13H2,1-3H3,(H,22,23);1H. The molecule has 10 heteroatoms. The van der Waals surface area contributed by atoms with Crippen molar-refractivity contribution in [2.45, 2.75) is 45.8 Å². The number of carbonyl (C=O) groups excluding carboxylic acids is 1. The minimum Gasteiger partial charge on any atom is -0.357 e. The van der Waals surface area contributed by atoms with Crippen molar-refractivity contribution in [1.29, 1.82) is 0 Å². The Hall–Kier alpha value is -0.780. The Balaban J connectivity index is 0.00000392. The van der Waals surface area contributed by atoms with Gasteiger partial charge in [-0.15, -0.1) is 24.0 Å². The Kier molecular flexibility index (Phi) is 10.3. The van der Waals surface area contributed by atoms with Crippen LogP contribution in [0.25, 0.3) is 0 Å². The fourth-order valence-electron chi connectivity index (χ4n) is 3.60. The van der Waals surface area contributed by atoms with Crippen LogP contribution in [0.5, 0.6) is 0 Å². The first-order chi connectivity index (χ1) is 12.7. The Morgan fingerprint density at radius 3 is 2.14 bits per heavy atom. The zero-order chi connectivity index (χ0) is 20.0. The fourth-order valence-corrected chi connectivity index (χ4v) is 3.60. The lowest BCUT2D eigenvalue weighted by Crippen LogP contribution is -2.56. The van der Waals surface area contributed by atoms with Crippen LogP contribution in [-0.4, -0.2) is 91.1 Å². The summed E-state index contributed by atoms with van der Waals surface area (Å²) in [6.45, 7) is 9.61. The largest absolute Gasteiger partial charge is 0.403 e. The molecule has 2 rings (SSSR count). The van der Waals surface area contributed by atoms with Crippen LogP contribution in [0.3, 0.4) is 0 Å². The van der Waals surface area contributed by atoms with Crippen LogP contribution in [0.2, 0.25) is 0 Å². The summed E-state index contributed by atoms with van der Waals surface area (Å²) in [5.41, 5.74) is 0. The molecule has 0 aromatic heterocycles. The normalized spacial score (nSPS) is 21.3. The second kappa shape index (κ2) is 11.4. The molecule has 1 atom stereocenters. The van der Waals surface area contributed by atoms with Crippen molar-refractivity contribution in [1.82, 2.24) is 20.0 Å². The van der Waals surface area contributed by atoms with Gasteiger partial charge in [0.25, 0.3) is 0 Å². The van der Waals surface area contributed by atoms with Gasteiger partial charge < -0.3 is 15.1 Å². The summed E-state index contributed by atoms with van der Waals surface area (Å²) in [5, 5.41) is 3.26. The van der Waals surface area contributed by atoms with E-state index in [0.29, 0.717) is 38.6 Å². The number of amides is 1. The molecule has 6 nitrogen and oxygen atoms in total. The van der Waals surface area contributed by atoms with Gasteiger partial charge in [0.15, 0.2) is 5.96 Å². The van der Waals surface area contributed by atoms with Gasteiger partial charge in [0.1, 0.15) is 6.04 Å². The molecule has 0 aromatic carbocycles. The van der Waals surface area contributed by atoms with E-state index in [4.69, 9.17) is 4.99 Å². The topological polar surface area (TPSA) is 51.2 Å². The van der Waals surface area contributed by atoms with Gasteiger partial charge >= 0.3 is 6.18 Å². The molecule has 164 valence electrons. The monoisotopic (exact) mass is 519 g/mol. The average molecular weight is 519 g/mol. The molecule has 0 spiro atoms. The van der Waals surface area contributed by atoms with Crippen LogP contribution in [0, 0.1) is 5.92 Å². The van der Waals surface area contributed by atoms with E-state index in [-0.39, 0.29) is 29.9 Å². The Morgan fingerprint density at radius 1 is 1.11 bits per heavy atom. The summed E-state index contributed by atoms with van der Waals surface area (Å²) in [6.07, 6.45) is -2.30. The summed E-state index contributed by atoms with van der Waals surface area (Å²) in [6, 6.07) is -1.41. The number of piperidine rings is 1. The maximum Gasteiger partial charge on any atom is 0.403 e. The van der Waals surface area contributed by atoms with Gasteiger partial charge in [0.2, 0.25) is 5.91 Å². The van der Waals surface area contributed by atoms with Gasteiger partial charge in [-0.1, -0.05) is 0 Å². The Bertz CT molecular complexity index is 516. The maximum atomic E-state index is 12.9. The van der Waals surface area contributed by atoms with Crippen LogP contribution in [0.1, 0.15) is 33.6 Å². The second-order valence-electron chi connectivity index (χ2n) is 7.38. The molecular formula is C18H33F3IN5O. The molecule has 2 aliphatic rings. The van der Waals surface area contributed by atoms with Crippen molar-refractivity contribution in [3.8, 4) is 0 Å². The lowest BCUT2D eigenvalue weighted by molar-refractivity contribution is -0.181. The number of aliphatic imine (C=N–C) groups is 1. The van der Waals surface area contributed by atoms with Gasteiger partial charge in [-0.3, -0.25) is 14.7 Å². The molecule has 2 heterocycles. The highest BCUT2D eigenvalue weighted by Crippen LogP contribution is 2.25. The molecule has 0 aromatic rings. The van der Waals surface area contributed by atoms with Gasteiger partial charge in [-0.2, -0.15) is 13.2 Å². The average Bonchev–Trinajstić information content (AvgIpc) is 2.64. The number of likely N-dealkylation sites (tertiary alicyclic amines) is 1. The highest BCUT2D eigenvalue weighted by Gasteiger charge is 2.41. The Labute approximate surface area is 182 Å². The predicted molar refractivity (Wildman–Crippen MR) is 115 cm³/mol. The van der Waals surface area contributed by atoms with E-state index < -0.39 is 12.2 Å². The molecule has 2 aliphatic heterocycles. The highest BCUT2D eigenvalue weighted by molar-refractivity contribution is 14.0. The maximum absolute atomic E-state index is 12.9. The molecule has 0 aliphatic carbocycles. The van der Waals surface area contributed by atoms with Crippen molar-refractivity contribution in [3.05, 3.63) is 0 Å². The number of halogens is 4. The quantitative estimate of drug-likeness (QED) is 0.352. The second-order valence-corrected chi connectivity index (χ2v) is 7.38. The van der Waals surface area contributed by atoms with Crippen LogP contribution >= 0.6 is 24.0 Å². The number of hydrogen-bond acceptors (Lipinski definition) is 3. The molecule has 2 fully saturated rings. The van der Waals surface area contributed by atoms with Crippen LogP contribution in [0.15, 0.2) is 4.99 Å². The van der Waals surface area contributed by atoms with E-state index in [1.807, 2.05) is 16.7 Å². The molecule has 1 amide bonds. The van der Waals surface area contributed by atoms with Crippen LogP contribution < -0.4 is 5.32 Å². The van der Waals surface area contributed by atoms with Crippen molar-refractivity contribution in [2.24, 2.45) is 10.9 Å². The van der Waals surface area contributed by atoms with Gasteiger partial charge in [0, 0.05) is 59.3 Å². The number of alkyl halides is 3. The summed E-state index contributed by atoms with van der Waals surface area (Å²) in [7, 11) is 0. The van der Waals surface area contributed by atoms with Crippen LogP contribution in [-0.2, 0) is 4.79 Å². The first-order valence-corrected chi connectivity index (χ1v) is 9.82. The van der Waals surface area contributed by atoms with Gasteiger partial charge in [-0.25, -0.2) is 0 Å². The van der Waals surface area contributed by atoms with E-state index in [0.717, 1.165) is 38.4 Å². The van der Waals surface area contributed by atoms with Crippen LogP contribution in [0.4, 0.5) is 13.2 Å². The van der Waals surface area contributed by atoms with E-state index >= 15 is 0 Å². The zero-order valence-corrected chi connectivity index (χ0v) is 19.3. The van der Waals surface area contributed by atoms with Crippen molar-refractivity contribution >= 4 is 35.8 Å². The number of hydrogen-bond donors (Lipinski definition) is 1. The van der Waals surface area contributed by atoms with E-state index in [9.17, 15) is 18.0 Å². The lowest BCUT2D eigenvalue weighted by atomic mass is 9.97. The molecule has 0 bridgehead atoms. The molecule has 1 N–H and O–H groups in total. The van der Waals surface area contributed by atoms with E-state index in [1.54, 1.807) is 6.92 Å². The predicted octanol–water partition coefficient (Wildman–Crippen LogP) is 2.40. The van der Waals surface area contributed by atoms with Gasteiger partial charge in [-0.05, 0) is 32.6 Å². The molecule has 2 saturated heterocycles. The summed E-state index contributed by atoms with van der Waals surface area (Å²) >= 11 is 0. The lowest BCUT2D eigenvalue weighted by Gasteiger charge is -2.39.